The van der Waals surface area contributed by atoms with Crippen molar-refractivity contribution >= 4 is 29.1 Å². The Bertz CT molecular complexity index is 659. The summed E-state index contributed by atoms with van der Waals surface area (Å²) in [5.74, 6) is -0.0821. The highest BCUT2D eigenvalue weighted by Gasteiger charge is 2.22. The van der Waals surface area contributed by atoms with Crippen LogP contribution in [-0.4, -0.2) is 37.4 Å². The van der Waals surface area contributed by atoms with Crippen LogP contribution in [0.3, 0.4) is 0 Å². The molecule has 0 radical (unpaired) electrons. The van der Waals surface area contributed by atoms with Crippen LogP contribution in [0.5, 0.6) is 0 Å². The van der Waals surface area contributed by atoms with Gasteiger partial charge in [0.15, 0.2) is 0 Å². The first-order chi connectivity index (χ1) is 10.3. The molecule has 0 bridgehead atoms. The Balaban J connectivity index is 2.09. The molecule has 1 atom stereocenters. The first-order valence-corrected chi connectivity index (χ1v) is 7.77. The summed E-state index contributed by atoms with van der Waals surface area (Å²) < 4.78 is 3.32. The number of amides is 1. The van der Waals surface area contributed by atoms with Crippen LogP contribution in [0.2, 0.25) is 10.0 Å². The molecular weight excluding hydrogens is 325 g/mol. The zero-order valence-corrected chi connectivity index (χ0v) is 14.6. The fourth-order valence-electron chi connectivity index (χ4n) is 2.10. The van der Waals surface area contributed by atoms with Crippen LogP contribution in [0.4, 0.5) is 0 Å². The largest absolute Gasteiger partial charge is 0.338 e. The van der Waals surface area contributed by atoms with Crippen LogP contribution >= 0.6 is 23.2 Å². The van der Waals surface area contributed by atoms with Gasteiger partial charge in [-0.3, -0.25) is 14.2 Å². The van der Waals surface area contributed by atoms with Crippen molar-refractivity contribution in [1.82, 2.24) is 24.5 Å². The highest BCUT2D eigenvalue weighted by molar-refractivity contribution is 6.31. The van der Waals surface area contributed by atoms with E-state index < -0.39 is 6.04 Å². The Hall–Kier alpha value is -1.53. The lowest BCUT2D eigenvalue weighted by atomic mass is 10.3. The molecule has 6 nitrogen and oxygen atoms in total. The average Bonchev–Trinajstić information content (AvgIpc) is 3.01. The standard InChI is InChI=1S/C14H19Cl2N5O/c1-5-20-6-12(16)13(18-20)8-19(4)14(22)10(3)21-7-11(15)9(2)17-21/h6-7,10H,5,8H2,1-4H3. The van der Waals surface area contributed by atoms with E-state index in [1.165, 1.54) is 0 Å². The number of aryl methyl sites for hydroxylation is 2. The second kappa shape index (κ2) is 6.71. The molecule has 8 heteroatoms. The van der Waals surface area contributed by atoms with Crippen molar-refractivity contribution in [1.29, 1.82) is 0 Å². The minimum atomic E-state index is -0.441. The van der Waals surface area contributed by atoms with E-state index in [1.807, 2.05) is 6.92 Å². The summed E-state index contributed by atoms with van der Waals surface area (Å²) in [6.45, 7) is 6.65. The number of carbonyl (C=O) groups excluding carboxylic acids is 1. The molecule has 0 N–H and O–H groups in total. The fourth-order valence-corrected chi connectivity index (χ4v) is 2.45. The van der Waals surface area contributed by atoms with Gasteiger partial charge in [-0.1, -0.05) is 23.2 Å². The van der Waals surface area contributed by atoms with Crippen molar-refractivity contribution in [3.63, 3.8) is 0 Å². The first kappa shape index (κ1) is 16.8. The van der Waals surface area contributed by atoms with Gasteiger partial charge in [-0.05, 0) is 20.8 Å². The molecule has 0 aliphatic carbocycles. The molecule has 1 unspecified atom stereocenters. The molecule has 2 aromatic heterocycles. The monoisotopic (exact) mass is 343 g/mol. The fraction of sp³-hybridized carbons (Fsp3) is 0.500. The minimum Gasteiger partial charge on any atom is -0.338 e. The molecule has 0 spiro atoms. The number of hydrogen-bond donors (Lipinski definition) is 0. The van der Waals surface area contributed by atoms with E-state index in [0.717, 1.165) is 6.54 Å². The zero-order chi connectivity index (χ0) is 16.4. The lowest BCUT2D eigenvalue weighted by Gasteiger charge is -2.21. The Morgan fingerprint density at radius 1 is 1.32 bits per heavy atom. The summed E-state index contributed by atoms with van der Waals surface area (Å²) in [7, 11) is 1.72. The molecular formula is C14H19Cl2N5O. The number of hydrogen-bond acceptors (Lipinski definition) is 3. The minimum absolute atomic E-state index is 0.0821. The molecule has 0 fully saturated rings. The van der Waals surface area contributed by atoms with Crippen molar-refractivity contribution in [2.45, 2.75) is 39.9 Å². The maximum atomic E-state index is 12.5. The smallest absolute Gasteiger partial charge is 0.247 e. The van der Waals surface area contributed by atoms with Gasteiger partial charge in [0.1, 0.15) is 11.7 Å². The Labute approximate surface area is 139 Å². The van der Waals surface area contributed by atoms with E-state index in [1.54, 1.807) is 47.6 Å². The molecule has 0 aromatic carbocycles. The van der Waals surface area contributed by atoms with E-state index in [-0.39, 0.29) is 5.91 Å². The molecule has 1 amide bonds. The molecule has 0 saturated carbocycles. The van der Waals surface area contributed by atoms with Crippen LogP contribution in [0.15, 0.2) is 12.4 Å². The number of rotatable bonds is 5. The average molecular weight is 344 g/mol. The van der Waals surface area contributed by atoms with Crippen LogP contribution < -0.4 is 0 Å². The zero-order valence-electron chi connectivity index (χ0n) is 13.0. The van der Waals surface area contributed by atoms with Crippen molar-refractivity contribution in [3.05, 3.63) is 33.8 Å². The lowest BCUT2D eigenvalue weighted by Crippen LogP contribution is -2.33. The van der Waals surface area contributed by atoms with E-state index in [4.69, 9.17) is 23.2 Å². The molecule has 120 valence electrons. The van der Waals surface area contributed by atoms with E-state index >= 15 is 0 Å². The van der Waals surface area contributed by atoms with Crippen molar-refractivity contribution in [2.24, 2.45) is 0 Å². The second-order valence-electron chi connectivity index (χ2n) is 5.19. The van der Waals surface area contributed by atoms with E-state index in [9.17, 15) is 4.79 Å². The third-order valence-corrected chi connectivity index (χ3v) is 4.17. The molecule has 0 aliphatic heterocycles. The predicted octanol–water partition coefficient (Wildman–Crippen LogP) is 2.93. The first-order valence-electron chi connectivity index (χ1n) is 7.01. The van der Waals surface area contributed by atoms with E-state index in [0.29, 0.717) is 28.0 Å². The SMILES string of the molecule is CCn1cc(Cl)c(CN(C)C(=O)C(C)n2cc(Cl)c(C)n2)n1. The Kier molecular flexibility index (Phi) is 5.13. The third-order valence-electron chi connectivity index (χ3n) is 3.49. The maximum absolute atomic E-state index is 12.5. The molecule has 22 heavy (non-hydrogen) atoms. The number of halogens is 2. The number of likely N-dealkylation sites (N-methyl/N-ethyl adjacent to an activating group) is 1. The summed E-state index contributed by atoms with van der Waals surface area (Å²) in [6.07, 6.45) is 3.42. The van der Waals surface area contributed by atoms with Gasteiger partial charge in [0.2, 0.25) is 5.91 Å². The van der Waals surface area contributed by atoms with Gasteiger partial charge < -0.3 is 4.90 Å². The second-order valence-corrected chi connectivity index (χ2v) is 6.01. The van der Waals surface area contributed by atoms with Crippen molar-refractivity contribution < 1.29 is 4.79 Å². The van der Waals surface area contributed by atoms with Crippen LogP contribution in [0.1, 0.15) is 31.3 Å². The van der Waals surface area contributed by atoms with Gasteiger partial charge in [-0.15, -0.1) is 0 Å². The van der Waals surface area contributed by atoms with Gasteiger partial charge in [-0.25, -0.2) is 0 Å². The van der Waals surface area contributed by atoms with Crippen LogP contribution in [-0.2, 0) is 17.9 Å². The summed E-state index contributed by atoms with van der Waals surface area (Å²) in [5.41, 5.74) is 1.38. The van der Waals surface area contributed by atoms with Gasteiger partial charge in [0.05, 0.1) is 22.3 Å². The quantitative estimate of drug-likeness (QED) is 0.838. The summed E-state index contributed by atoms with van der Waals surface area (Å²) in [4.78, 5) is 14.1. The highest BCUT2D eigenvalue weighted by Crippen LogP contribution is 2.19. The molecule has 2 heterocycles. The number of nitrogens with zero attached hydrogens (tertiary/aromatic N) is 5. The normalized spacial score (nSPS) is 12.5. The molecule has 0 aliphatic rings. The van der Waals surface area contributed by atoms with Gasteiger partial charge in [-0.2, -0.15) is 10.2 Å². The van der Waals surface area contributed by atoms with Crippen molar-refractivity contribution in [3.8, 4) is 0 Å². The molecule has 2 aromatic rings. The Morgan fingerprint density at radius 2 is 2.00 bits per heavy atom. The van der Waals surface area contributed by atoms with Crippen molar-refractivity contribution in [2.75, 3.05) is 7.05 Å². The summed E-state index contributed by atoms with van der Waals surface area (Å²) in [6, 6.07) is -0.441. The van der Waals surface area contributed by atoms with Gasteiger partial charge in [0, 0.05) is 26.0 Å². The Morgan fingerprint density at radius 3 is 2.50 bits per heavy atom. The van der Waals surface area contributed by atoms with Crippen LogP contribution in [0, 0.1) is 6.92 Å². The van der Waals surface area contributed by atoms with E-state index in [2.05, 4.69) is 10.2 Å². The highest BCUT2D eigenvalue weighted by atomic mass is 35.5. The predicted molar refractivity (Wildman–Crippen MR) is 86.1 cm³/mol. The van der Waals surface area contributed by atoms with Gasteiger partial charge >= 0.3 is 0 Å². The van der Waals surface area contributed by atoms with Gasteiger partial charge in [0.25, 0.3) is 0 Å². The third kappa shape index (κ3) is 3.44. The number of aromatic nitrogens is 4. The topological polar surface area (TPSA) is 56.0 Å². The molecule has 0 saturated heterocycles. The summed E-state index contributed by atoms with van der Waals surface area (Å²) in [5, 5.41) is 9.71. The van der Waals surface area contributed by atoms with Crippen LogP contribution in [0.25, 0.3) is 0 Å². The summed E-state index contributed by atoms with van der Waals surface area (Å²) >= 11 is 12.1. The lowest BCUT2D eigenvalue weighted by molar-refractivity contribution is -0.133. The molecule has 2 rings (SSSR count). The maximum Gasteiger partial charge on any atom is 0.247 e. The number of carbonyl (C=O) groups is 1.